The second-order valence-corrected chi connectivity index (χ2v) is 4.85. The SMILES string of the molecule is CC.Cc1ccc(C(=O)N2CCC(N(C)C)C2)cn1. The Morgan fingerprint density at radius 3 is 2.53 bits per heavy atom. The molecule has 106 valence electrons. The Labute approximate surface area is 116 Å². The van der Waals surface area contributed by atoms with Crippen molar-refractivity contribution in [3.8, 4) is 0 Å². The Kier molecular flexibility index (Phi) is 5.96. The third kappa shape index (κ3) is 4.03. The molecule has 1 aromatic rings. The van der Waals surface area contributed by atoms with Gasteiger partial charge in [-0.15, -0.1) is 0 Å². The first-order valence-corrected chi connectivity index (χ1v) is 6.96. The van der Waals surface area contributed by atoms with Crippen molar-refractivity contribution in [2.24, 2.45) is 0 Å². The number of hydrogen-bond donors (Lipinski definition) is 0. The van der Waals surface area contributed by atoms with Crippen LogP contribution in [-0.2, 0) is 0 Å². The van der Waals surface area contributed by atoms with Crippen molar-refractivity contribution in [3.63, 3.8) is 0 Å². The van der Waals surface area contributed by atoms with Gasteiger partial charge in [0, 0.05) is 31.0 Å². The van der Waals surface area contributed by atoms with E-state index < -0.39 is 0 Å². The van der Waals surface area contributed by atoms with Gasteiger partial charge in [-0.05, 0) is 39.6 Å². The first kappa shape index (κ1) is 15.6. The lowest BCUT2D eigenvalue weighted by atomic mass is 10.2. The lowest BCUT2D eigenvalue weighted by Crippen LogP contribution is -2.34. The second kappa shape index (κ2) is 7.24. The third-order valence-corrected chi connectivity index (χ3v) is 3.34. The van der Waals surface area contributed by atoms with Crippen molar-refractivity contribution in [3.05, 3.63) is 29.6 Å². The molecule has 1 atom stereocenters. The topological polar surface area (TPSA) is 36.4 Å². The Hall–Kier alpha value is -1.42. The van der Waals surface area contributed by atoms with Crippen molar-refractivity contribution in [1.29, 1.82) is 0 Å². The van der Waals surface area contributed by atoms with Gasteiger partial charge in [0.2, 0.25) is 0 Å². The number of likely N-dealkylation sites (N-methyl/N-ethyl adjacent to an activating group) is 1. The molecule has 0 radical (unpaired) electrons. The second-order valence-electron chi connectivity index (χ2n) is 4.85. The van der Waals surface area contributed by atoms with Crippen molar-refractivity contribution in [1.82, 2.24) is 14.8 Å². The van der Waals surface area contributed by atoms with E-state index in [-0.39, 0.29) is 5.91 Å². The number of nitrogens with zero attached hydrogens (tertiary/aromatic N) is 3. The van der Waals surface area contributed by atoms with Crippen molar-refractivity contribution in [2.75, 3.05) is 27.2 Å². The Morgan fingerprint density at radius 2 is 2.05 bits per heavy atom. The van der Waals surface area contributed by atoms with Crippen molar-refractivity contribution >= 4 is 5.91 Å². The van der Waals surface area contributed by atoms with Gasteiger partial charge in [0.05, 0.1) is 5.56 Å². The van der Waals surface area contributed by atoms with Crippen molar-refractivity contribution in [2.45, 2.75) is 33.2 Å². The first-order valence-electron chi connectivity index (χ1n) is 6.96. The molecule has 4 nitrogen and oxygen atoms in total. The Bertz CT molecular complexity index is 400. The molecule has 19 heavy (non-hydrogen) atoms. The van der Waals surface area contributed by atoms with Crippen LogP contribution in [0.15, 0.2) is 18.3 Å². The normalized spacial score (nSPS) is 18.2. The summed E-state index contributed by atoms with van der Waals surface area (Å²) < 4.78 is 0. The van der Waals surface area contributed by atoms with Gasteiger partial charge in [-0.3, -0.25) is 9.78 Å². The highest BCUT2D eigenvalue weighted by atomic mass is 16.2. The molecule has 4 heteroatoms. The van der Waals surface area contributed by atoms with Crippen LogP contribution in [-0.4, -0.2) is 53.9 Å². The average Bonchev–Trinajstić information content (AvgIpc) is 2.91. The number of carbonyl (C=O) groups is 1. The van der Waals surface area contributed by atoms with E-state index in [0.29, 0.717) is 11.6 Å². The molecule has 1 aliphatic heterocycles. The number of pyridine rings is 1. The maximum atomic E-state index is 12.2. The highest BCUT2D eigenvalue weighted by Gasteiger charge is 2.27. The molecular formula is C15H25N3O. The molecule has 1 fully saturated rings. The molecule has 2 heterocycles. The van der Waals surface area contributed by atoms with E-state index in [4.69, 9.17) is 0 Å². The molecule has 0 bridgehead atoms. The highest BCUT2D eigenvalue weighted by Crippen LogP contribution is 2.16. The van der Waals surface area contributed by atoms with E-state index in [0.717, 1.165) is 25.2 Å². The lowest BCUT2D eigenvalue weighted by molar-refractivity contribution is 0.0782. The molecule has 0 aromatic carbocycles. The average molecular weight is 263 g/mol. The number of aryl methyl sites for hydroxylation is 1. The first-order chi connectivity index (χ1) is 9.08. The van der Waals surface area contributed by atoms with Crippen LogP contribution >= 0.6 is 0 Å². The summed E-state index contributed by atoms with van der Waals surface area (Å²) in [4.78, 5) is 20.5. The Balaban J connectivity index is 0.000000861. The van der Waals surface area contributed by atoms with Gasteiger partial charge in [-0.25, -0.2) is 0 Å². The summed E-state index contributed by atoms with van der Waals surface area (Å²) in [5, 5.41) is 0. The zero-order valence-electron chi connectivity index (χ0n) is 12.7. The van der Waals surface area contributed by atoms with Crippen molar-refractivity contribution < 1.29 is 4.79 Å². The smallest absolute Gasteiger partial charge is 0.255 e. The van der Waals surface area contributed by atoms with E-state index >= 15 is 0 Å². The van der Waals surface area contributed by atoms with Gasteiger partial charge < -0.3 is 9.80 Å². The predicted molar refractivity (Wildman–Crippen MR) is 78.3 cm³/mol. The van der Waals surface area contributed by atoms with Gasteiger partial charge in [0.1, 0.15) is 0 Å². The van der Waals surface area contributed by atoms with Crippen LogP contribution in [0.2, 0.25) is 0 Å². The summed E-state index contributed by atoms with van der Waals surface area (Å²) in [5.41, 5.74) is 1.63. The minimum Gasteiger partial charge on any atom is -0.337 e. The molecule has 1 aromatic heterocycles. The molecule has 1 unspecified atom stereocenters. The maximum absolute atomic E-state index is 12.2. The quantitative estimate of drug-likeness (QED) is 0.820. The molecule has 1 saturated heterocycles. The fourth-order valence-corrected chi connectivity index (χ4v) is 2.12. The zero-order valence-corrected chi connectivity index (χ0v) is 12.7. The van der Waals surface area contributed by atoms with Gasteiger partial charge >= 0.3 is 0 Å². The van der Waals surface area contributed by atoms with Crippen LogP contribution in [0.25, 0.3) is 0 Å². The summed E-state index contributed by atoms with van der Waals surface area (Å²) in [6.07, 6.45) is 2.72. The van der Waals surface area contributed by atoms with E-state index in [1.54, 1.807) is 6.20 Å². The fourth-order valence-electron chi connectivity index (χ4n) is 2.12. The molecule has 0 saturated carbocycles. The monoisotopic (exact) mass is 263 g/mol. The van der Waals surface area contributed by atoms with E-state index in [1.807, 2.05) is 37.8 Å². The predicted octanol–water partition coefficient (Wildman–Crippen LogP) is 2.19. The molecule has 0 spiro atoms. The highest BCUT2D eigenvalue weighted by molar-refractivity contribution is 5.94. The number of likely N-dealkylation sites (tertiary alicyclic amines) is 1. The third-order valence-electron chi connectivity index (χ3n) is 3.34. The van der Waals surface area contributed by atoms with Crippen LogP contribution in [0.1, 0.15) is 36.3 Å². The van der Waals surface area contributed by atoms with Crippen LogP contribution in [0.5, 0.6) is 0 Å². The molecule has 1 aliphatic rings. The van der Waals surface area contributed by atoms with Gasteiger partial charge in [-0.2, -0.15) is 0 Å². The number of aromatic nitrogens is 1. The largest absolute Gasteiger partial charge is 0.337 e. The van der Waals surface area contributed by atoms with E-state index in [1.165, 1.54) is 0 Å². The molecule has 1 amide bonds. The van der Waals surface area contributed by atoms with Gasteiger partial charge in [-0.1, -0.05) is 13.8 Å². The summed E-state index contributed by atoms with van der Waals surface area (Å²) >= 11 is 0. The maximum Gasteiger partial charge on any atom is 0.255 e. The number of rotatable bonds is 2. The lowest BCUT2D eigenvalue weighted by Gasteiger charge is -2.20. The van der Waals surface area contributed by atoms with Crippen LogP contribution in [0.3, 0.4) is 0 Å². The Morgan fingerprint density at radius 1 is 1.37 bits per heavy atom. The van der Waals surface area contributed by atoms with Gasteiger partial charge in [0.25, 0.3) is 5.91 Å². The molecule has 0 aliphatic carbocycles. The summed E-state index contributed by atoms with van der Waals surface area (Å²) in [6.45, 7) is 7.58. The van der Waals surface area contributed by atoms with Crippen LogP contribution in [0.4, 0.5) is 0 Å². The minimum absolute atomic E-state index is 0.0989. The molecule has 0 N–H and O–H groups in total. The fraction of sp³-hybridized carbons (Fsp3) is 0.600. The van der Waals surface area contributed by atoms with Crippen LogP contribution < -0.4 is 0 Å². The standard InChI is InChI=1S/C13H19N3O.C2H6/c1-10-4-5-11(8-14-10)13(17)16-7-6-12(9-16)15(2)3;1-2/h4-5,8,12H,6-7,9H2,1-3H3;1-2H3. The number of hydrogen-bond acceptors (Lipinski definition) is 3. The summed E-state index contributed by atoms with van der Waals surface area (Å²) in [7, 11) is 4.12. The zero-order chi connectivity index (χ0) is 14.4. The van der Waals surface area contributed by atoms with Gasteiger partial charge in [0.15, 0.2) is 0 Å². The minimum atomic E-state index is 0.0989. The summed E-state index contributed by atoms with van der Waals surface area (Å²) in [5.74, 6) is 0.0989. The number of carbonyl (C=O) groups excluding carboxylic acids is 1. The van der Waals surface area contributed by atoms with Crippen LogP contribution in [0, 0.1) is 6.92 Å². The molecule has 2 rings (SSSR count). The number of amides is 1. The summed E-state index contributed by atoms with van der Waals surface area (Å²) in [6, 6.07) is 4.22. The molecular weight excluding hydrogens is 238 g/mol. The van der Waals surface area contributed by atoms with E-state index in [2.05, 4.69) is 24.0 Å². The van der Waals surface area contributed by atoms with E-state index in [9.17, 15) is 4.79 Å².